The first-order valence-corrected chi connectivity index (χ1v) is 13.1. The van der Waals surface area contributed by atoms with E-state index in [1.54, 1.807) is 36.2 Å². The van der Waals surface area contributed by atoms with Crippen molar-refractivity contribution in [1.29, 1.82) is 0 Å². The van der Waals surface area contributed by atoms with Crippen LogP contribution in [0.1, 0.15) is 43.5 Å². The van der Waals surface area contributed by atoms with Crippen LogP contribution in [0.3, 0.4) is 0 Å². The number of rotatable bonds is 5. The lowest BCUT2D eigenvalue weighted by molar-refractivity contribution is -0.190. The first kappa shape index (κ1) is 26.3. The summed E-state index contributed by atoms with van der Waals surface area (Å²) in [5.74, 6) is -1.34. The number of fused-ring (bicyclic) bond motifs is 3. The van der Waals surface area contributed by atoms with E-state index in [2.05, 4.69) is 4.98 Å². The highest BCUT2D eigenvalue weighted by Gasteiger charge is 2.47. The molecule has 0 unspecified atom stereocenters. The van der Waals surface area contributed by atoms with Crippen molar-refractivity contribution in [2.45, 2.75) is 44.8 Å². The highest BCUT2D eigenvalue weighted by Crippen LogP contribution is 2.40. The molecule has 5 rings (SSSR count). The highest BCUT2D eigenvalue weighted by atomic mass is 35.5. The number of benzene rings is 1. The third-order valence-electron chi connectivity index (χ3n) is 7.52. The van der Waals surface area contributed by atoms with Crippen LogP contribution in [0.25, 0.3) is 5.65 Å². The Morgan fingerprint density at radius 3 is 2.63 bits per heavy atom. The quantitative estimate of drug-likeness (QED) is 0.429. The summed E-state index contributed by atoms with van der Waals surface area (Å²) in [6.45, 7) is 2.96. The van der Waals surface area contributed by atoms with Gasteiger partial charge in [0.1, 0.15) is 5.65 Å². The Balaban J connectivity index is 1.39. The van der Waals surface area contributed by atoms with Gasteiger partial charge in [0.05, 0.1) is 22.8 Å². The third kappa shape index (κ3) is 4.81. The Bertz CT molecular complexity index is 1360. The molecule has 2 aliphatic rings. The van der Waals surface area contributed by atoms with E-state index in [-0.39, 0.29) is 18.0 Å². The fourth-order valence-corrected chi connectivity index (χ4v) is 5.82. The van der Waals surface area contributed by atoms with Crippen LogP contribution in [0.15, 0.2) is 42.7 Å². The number of hydrogen-bond acceptors (Lipinski definition) is 4. The largest absolute Gasteiger partial charge is 0.413 e. The van der Waals surface area contributed by atoms with E-state index in [0.717, 1.165) is 40.5 Å². The Kier molecular flexibility index (Phi) is 7.02. The average molecular weight is 548 g/mol. The predicted octanol–water partition coefficient (Wildman–Crippen LogP) is 5.39. The van der Waals surface area contributed by atoms with Gasteiger partial charge < -0.3 is 19.1 Å². The van der Waals surface area contributed by atoms with Crippen molar-refractivity contribution in [3.63, 3.8) is 0 Å². The molecule has 2 amide bonds. The van der Waals surface area contributed by atoms with Gasteiger partial charge in [0.15, 0.2) is 6.04 Å². The lowest BCUT2D eigenvalue weighted by Gasteiger charge is -2.33. The molecule has 2 aliphatic heterocycles. The van der Waals surface area contributed by atoms with Crippen molar-refractivity contribution in [1.82, 2.24) is 19.2 Å². The van der Waals surface area contributed by atoms with Gasteiger partial charge in [-0.05, 0) is 37.0 Å². The Hall–Kier alpha value is -3.27. The Morgan fingerprint density at radius 1 is 1.21 bits per heavy atom. The number of halogens is 4. The number of anilines is 2. The first-order chi connectivity index (χ1) is 18.1. The average Bonchev–Trinajstić information content (AvgIpc) is 3.54. The molecule has 0 aliphatic carbocycles. The number of amides is 2. The minimum atomic E-state index is -4.66. The summed E-state index contributed by atoms with van der Waals surface area (Å²) in [6.07, 6.45) is 1.29. The molecule has 1 fully saturated rings. The standard InChI is InChI=1S/C27H29ClF3N5O2/c1-3-24(37)34-12-10-18(15-34)26(38)33(2)25(27(29,30)31)17-6-8-20(9-7-17)35-11-4-5-21-22(35)14-32-23-13-19(28)16-36(21)23/h6-9,13-14,16,18,25H,3-5,10-12,15H2,1-2H3/t18-,25-/m0/s1. The topological polar surface area (TPSA) is 61.2 Å². The monoisotopic (exact) mass is 547 g/mol. The Labute approximate surface area is 223 Å². The van der Waals surface area contributed by atoms with Crippen molar-refractivity contribution in [2.75, 3.05) is 31.6 Å². The van der Waals surface area contributed by atoms with Gasteiger partial charge in [0, 0.05) is 56.7 Å². The minimum absolute atomic E-state index is 0.0143. The number of carbonyl (C=O) groups is 2. The normalized spacial score (nSPS) is 18.5. The molecule has 11 heteroatoms. The SMILES string of the molecule is CCC(=O)N1CC[C@H](C(=O)N(C)[C@@H](c2ccc(N3CCCc4c3cnc3cc(Cl)cn43)cc2)C(F)(F)F)C1. The summed E-state index contributed by atoms with van der Waals surface area (Å²) in [5.41, 5.74) is 3.41. The molecule has 0 radical (unpaired) electrons. The van der Waals surface area contributed by atoms with Crippen LogP contribution in [0.2, 0.25) is 5.02 Å². The molecule has 7 nitrogen and oxygen atoms in total. The fraction of sp³-hybridized carbons (Fsp3) is 0.444. The van der Waals surface area contributed by atoms with E-state index in [1.807, 2.05) is 15.5 Å². The van der Waals surface area contributed by atoms with Crippen LogP contribution in [0.5, 0.6) is 0 Å². The summed E-state index contributed by atoms with van der Waals surface area (Å²) in [4.78, 5) is 33.9. The van der Waals surface area contributed by atoms with E-state index in [4.69, 9.17) is 11.6 Å². The second-order valence-electron chi connectivity index (χ2n) is 9.90. The summed E-state index contributed by atoms with van der Waals surface area (Å²) in [6, 6.07) is 5.89. The first-order valence-electron chi connectivity index (χ1n) is 12.7. The van der Waals surface area contributed by atoms with Crippen molar-refractivity contribution in [3.8, 4) is 0 Å². The van der Waals surface area contributed by atoms with Crippen molar-refractivity contribution >= 4 is 40.4 Å². The molecule has 1 aromatic carbocycles. The van der Waals surface area contributed by atoms with Crippen LogP contribution < -0.4 is 4.90 Å². The van der Waals surface area contributed by atoms with Crippen molar-refractivity contribution in [3.05, 3.63) is 59.0 Å². The van der Waals surface area contributed by atoms with Crippen LogP contribution >= 0.6 is 11.6 Å². The van der Waals surface area contributed by atoms with E-state index in [9.17, 15) is 22.8 Å². The van der Waals surface area contributed by atoms with Crippen LogP contribution in [-0.2, 0) is 16.0 Å². The van der Waals surface area contributed by atoms with Gasteiger partial charge in [-0.25, -0.2) is 4.98 Å². The number of aryl methyl sites for hydroxylation is 1. The molecule has 2 aromatic heterocycles. The number of aromatic nitrogens is 2. The van der Waals surface area contributed by atoms with Gasteiger partial charge in [0.25, 0.3) is 0 Å². The highest BCUT2D eigenvalue weighted by molar-refractivity contribution is 6.31. The molecule has 4 heterocycles. The van der Waals surface area contributed by atoms with Gasteiger partial charge in [0.2, 0.25) is 11.8 Å². The Morgan fingerprint density at radius 2 is 1.95 bits per heavy atom. The second kappa shape index (κ2) is 10.1. The van der Waals surface area contributed by atoms with Gasteiger partial charge in [-0.15, -0.1) is 0 Å². The summed E-state index contributed by atoms with van der Waals surface area (Å²) < 4.78 is 44.8. The van der Waals surface area contributed by atoms with E-state index in [1.165, 1.54) is 19.2 Å². The molecule has 2 atom stereocenters. The lowest BCUT2D eigenvalue weighted by Crippen LogP contribution is -2.43. The third-order valence-corrected chi connectivity index (χ3v) is 7.72. The molecule has 0 spiro atoms. The summed E-state index contributed by atoms with van der Waals surface area (Å²) >= 11 is 6.17. The van der Waals surface area contributed by atoms with E-state index < -0.39 is 24.0 Å². The van der Waals surface area contributed by atoms with E-state index >= 15 is 0 Å². The zero-order chi connectivity index (χ0) is 27.2. The minimum Gasteiger partial charge on any atom is -0.342 e. The number of carbonyl (C=O) groups excluding carboxylic acids is 2. The molecule has 1 saturated heterocycles. The fourth-order valence-electron chi connectivity index (χ4n) is 5.62. The van der Waals surface area contributed by atoms with Gasteiger partial charge in [-0.2, -0.15) is 13.2 Å². The van der Waals surface area contributed by atoms with Crippen LogP contribution in [0, 0.1) is 5.92 Å². The summed E-state index contributed by atoms with van der Waals surface area (Å²) in [7, 11) is 1.19. The van der Waals surface area contributed by atoms with Gasteiger partial charge in [-0.1, -0.05) is 30.7 Å². The number of nitrogens with zero attached hydrogens (tertiary/aromatic N) is 5. The molecular formula is C27H29ClF3N5O2. The molecule has 0 saturated carbocycles. The van der Waals surface area contributed by atoms with Gasteiger partial charge in [-0.3, -0.25) is 9.59 Å². The number of likely N-dealkylation sites (tertiary alicyclic amines) is 1. The van der Waals surface area contributed by atoms with Crippen molar-refractivity contribution < 1.29 is 22.8 Å². The predicted molar refractivity (Wildman–Crippen MR) is 139 cm³/mol. The van der Waals surface area contributed by atoms with Crippen LogP contribution in [0.4, 0.5) is 24.5 Å². The zero-order valence-electron chi connectivity index (χ0n) is 21.2. The molecular weight excluding hydrogens is 519 g/mol. The molecule has 0 bridgehead atoms. The molecule has 3 aromatic rings. The van der Waals surface area contributed by atoms with E-state index in [0.29, 0.717) is 31.0 Å². The van der Waals surface area contributed by atoms with Crippen LogP contribution in [-0.4, -0.2) is 63.9 Å². The summed E-state index contributed by atoms with van der Waals surface area (Å²) in [5, 5.41) is 0.589. The lowest BCUT2D eigenvalue weighted by atomic mass is 10.0. The maximum absolute atomic E-state index is 14.3. The zero-order valence-corrected chi connectivity index (χ0v) is 22.0. The van der Waals surface area contributed by atoms with Gasteiger partial charge >= 0.3 is 6.18 Å². The smallest absolute Gasteiger partial charge is 0.342 e. The molecule has 202 valence electrons. The van der Waals surface area contributed by atoms with Crippen molar-refractivity contribution in [2.24, 2.45) is 5.92 Å². The number of hydrogen-bond donors (Lipinski definition) is 0. The second-order valence-corrected chi connectivity index (χ2v) is 10.3. The number of alkyl halides is 3. The maximum Gasteiger partial charge on any atom is 0.413 e. The molecule has 0 N–H and O–H groups in total. The maximum atomic E-state index is 14.3. The molecule has 38 heavy (non-hydrogen) atoms.